The fraction of sp³-hybridized carbons (Fsp3) is 0.600. The third-order valence-corrected chi connectivity index (χ3v) is 7.10. The zero-order chi connectivity index (χ0) is 20.7. The highest BCUT2D eigenvalue weighted by Gasteiger charge is 2.51. The van der Waals surface area contributed by atoms with Crippen molar-refractivity contribution in [2.75, 3.05) is 13.2 Å². The van der Waals surface area contributed by atoms with E-state index in [0.29, 0.717) is 6.61 Å². The Hall–Kier alpha value is -1.01. The van der Waals surface area contributed by atoms with Crippen molar-refractivity contribution in [2.45, 2.75) is 66.0 Å². The Labute approximate surface area is 173 Å². The number of ether oxygens (including phenoxy) is 2. The number of fused-ring (bicyclic) bond motifs is 2. The first kappa shape index (κ1) is 21.2. The van der Waals surface area contributed by atoms with Gasteiger partial charge in [-0.25, -0.2) is 0 Å². The van der Waals surface area contributed by atoms with Crippen molar-refractivity contribution >= 4 is 11.8 Å². The maximum Gasteiger partial charge on any atom is 0.172 e. The van der Waals surface area contributed by atoms with Crippen LogP contribution in [0.2, 0.25) is 0 Å². The first-order valence-electron chi connectivity index (χ1n) is 9.69. The number of aliphatic hydroxyl groups excluding tert-OH is 5. The summed E-state index contributed by atoms with van der Waals surface area (Å²) in [5.41, 5.74) is 1.36. The average molecular weight is 426 g/mol. The van der Waals surface area contributed by atoms with Crippen LogP contribution in [0.15, 0.2) is 40.8 Å². The number of aliphatic hydroxyl groups is 5. The summed E-state index contributed by atoms with van der Waals surface area (Å²) < 4.78 is 11.7. The summed E-state index contributed by atoms with van der Waals surface area (Å²) in [6.45, 7) is 1.87. The SMILES string of the molecule is Cc1ccc(S[C@H]2[C@@H]3OC[C@@H](O3)[C@@H](N[C@H]3C=C(CO)[C@@H](O)[C@H](O)[C@H]3O)[C@@H]2O)cc1. The van der Waals surface area contributed by atoms with Gasteiger partial charge in [0.2, 0.25) is 0 Å². The Morgan fingerprint density at radius 1 is 1.07 bits per heavy atom. The molecule has 2 fully saturated rings. The molecule has 29 heavy (non-hydrogen) atoms. The molecule has 2 aliphatic heterocycles. The van der Waals surface area contributed by atoms with E-state index in [9.17, 15) is 25.5 Å². The molecule has 2 heterocycles. The number of aryl methyl sites for hydroxylation is 1. The molecular weight excluding hydrogens is 398 g/mol. The lowest BCUT2D eigenvalue weighted by molar-refractivity contribution is -0.128. The van der Waals surface area contributed by atoms with Gasteiger partial charge in [-0.05, 0) is 24.6 Å². The molecule has 1 aromatic rings. The summed E-state index contributed by atoms with van der Waals surface area (Å²) in [5, 5.41) is 53.7. The number of hydrogen-bond acceptors (Lipinski definition) is 9. The summed E-state index contributed by atoms with van der Waals surface area (Å²) in [5.74, 6) is 0. The van der Waals surface area contributed by atoms with Crippen LogP contribution in [0.5, 0.6) is 0 Å². The lowest BCUT2D eigenvalue weighted by Crippen LogP contribution is -2.64. The molecule has 0 aromatic heterocycles. The van der Waals surface area contributed by atoms with E-state index < -0.39 is 55.5 Å². The predicted octanol–water partition coefficient (Wildman–Crippen LogP) is -1.09. The Kier molecular flexibility index (Phi) is 6.31. The van der Waals surface area contributed by atoms with Crippen LogP contribution in [0.4, 0.5) is 0 Å². The van der Waals surface area contributed by atoms with Gasteiger partial charge < -0.3 is 40.3 Å². The molecule has 2 saturated heterocycles. The smallest absolute Gasteiger partial charge is 0.172 e. The van der Waals surface area contributed by atoms with E-state index in [4.69, 9.17) is 9.47 Å². The topological polar surface area (TPSA) is 132 Å². The van der Waals surface area contributed by atoms with E-state index in [1.54, 1.807) is 0 Å². The van der Waals surface area contributed by atoms with E-state index in [1.807, 2.05) is 31.2 Å². The number of benzene rings is 1. The zero-order valence-electron chi connectivity index (χ0n) is 16.0. The van der Waals surface area contributed by atoms with Gasteiger partial charge in [-0.3, -0.25) is 0 Å². The molecule has 1 aromatic carbocycles. The second-order valence-corrected chi connectivity index (χ2v) is 9.06. The van der Waals surface area contributed by atoms with Crippen LogP contribution < -0.4 is 5.32 Å². The highest BCUT2D eigenvalue weighted by Crippen LogP contribution is 2.39. The Balaban J connectivity index is 1.52. The van der Waals surface area contributed by atoms with Gasteiger partial charge in [0, 0.05) is 4.90 Å². The molecule has 0 saturated carbocycles. The number of hydrogen-bond donors (Lipinski definition) is 6. The Morgan fingerprint density at radius 3 is 2.48 bits per heavy atom. The Morgan fingerprint density at radius 2 is 1.79 bits per heavy atom. The van der Waals surface area contributed by atoms with E-state index in [2.05, 4.69) is 5.32 Å². The van der Waals surface area contributed by atoms with Crippen LogP contribution in [0.25, 0.3) is 0 Å². The minimum absolute atomic E-state index is 0.220. The van der Waals surface area contributed by atoms with E-state index in [1.165, 1.54) is 17.8 Å². The van der Waals surface area contributed by atoms with Crippen molar-refractivity contribution < 1.29 is 35.0 Å². The molecule has 160 valence electrons. The molecule has 0 amide bonds. The van der Waals surface area contributed by atoms with Crippen LogP contribution in [0.1, 0.15) is 5.56 Å². The maximum atomic E-state index is 11.1. The molecule has 0 spiro atoms. The fourth-order valence-electron chi connectivity index (χ4n) is 4.05. The third-order valence-electron chi connectivity index (χ3n) is 5.78. The standard InChI is InChI=1S/C20H27NO7S/c1-9-2-4-11(5-3-9)29-19-17(25)14(13-8-27-20(19)28-13)21-12-6-10(7-22)15(23)18(26)16(12)24/h2-6,12-26H,7-8H2,1H3/t12-,13+,14+,15+,16-,17-,18-,19+,20+/m0/s1. The van der Waals surface area contributed by atoms with Gasteiger partial charge in [-0.2, -0.15) is 0 Å². The van der Waals surface area contributed by atoms with Crippen LogP contribution in [0, 0.1) is 6.92 Å². The van der Waals surface area contributed by atoms with Gasteiger partial charge in [-0.15, -0.1) is 11.8 Å². The average Bonchev–Trinajstić information content (AvgIpc) is 3.16. The van der Waals surface area contributed by atoms with Crippen LogP contribution in [-0.4, -0.2) is 92.9 Å². The third kappa shape index (κ3) is 4.12. The van der Waals surface area contributed by atoms with Gasteiger partial charge in [0.25, 0.3) is 0 Å². The molecule has 4 rings (SSSR count). The van der Waals surface area contributed by atoms with Gasteiger partial charge in [0.15, 0.2) is 6.29 Å². The predicted molar refractivity (Wildman–Crippen MR) is 105 cm³/mol. The summed E-state index contributed by atoms with van der Waals surface area (Å²) in [4.78, 5) is 0.981. The highest BCUT2D eigenvalue weighted by molar-refractivity contribution is 8.00. The molecule has 3 aliphatic rings. The molecular formula is C20H27NO7S. The lowest BCUT2D eigenvalue weighted by Gasteiger charge is -2.42. The molecule has 1 aliphatic carbocycles. The number of nitrogens with one attached hydrogen (secondary N) is 1. The van der Waals surface area contributed by atoms with Crippen molar-refractivity contribution in [3.8, 4) is 0 Å². The largest absolute Gasteiger partial charge is 0.392 e. The summed E-state index contributed by atoms with van der Waals surface area (Å²) in [6, 6.07) is 6.64. The molecule has 9 atom stereocenters. The highest BCUT2D eigenvalue weighted by atomic mass is 32.2. The lowest BCUT2D eigenvalue weighted by atomic mass is 9.87. The van der Waals surface area contributed by atoms with Gasteiger partial charge in [0.05, 0.1) is 36.7 Å². The quantitative estimate of drug-likeness (QED) is 0.326. The molecule has 0 unspecified atom stereocenters. The summed E-state index contributed by atoms with van der Waals surface area (Å²) >= 11 is 1.47. The zero-order valence-corrected chi connectivity index (χ0v) is 16.8. The maximum absolute atomic E-state index is 11.1. The van der Waals surface area contributed by atoms with Crippen LogP contribution in [-0.2, 0) is 9.47 Å². The van der Waals surface area contributed by atoms with Crippen molar-refractivity contribution in [3.05, 3.63) is 41.5 Å². The first-order valence-corrected chi connectivity index (χ1v) is 10.6. The minimum atomic E-state index is -1.44. The van der Waals surface area contributed by atoms with Gasteiger partial charge >= 0.3 is 0 Å². The summed E-state index contributed by atoms with van der Waals surface area (Å²) in [6.07, 6.45) is -4.35. The number of rotatable bonds is 5. The number of thioether (sulfide) groups is 1. The molecule has 2 bridgehead atoms. The van der Waals surface area contributed by atoms with Gasteiger partial charge in [0.1, 0.15) is 24.4 Å². The second kappa shape index (κ2) is 8.62. The van der Waals surface area contributed by atoms with E-state index in [0.717, 1.165) is 10.5 Å². The van der Waals surface area contributed by atoms with Crippen molar-refractivity contribution in [2.24, 2.45) is 0 Å². The molecule has 0 radical (unpaired) electrons. The fourth-order valence-corrected chi connectivity index (χ4v) is 5.22. The second-order valence-electron chi connectivity index (χ2n) is 7.81. The van der Waals surface area contributed by atoms with Crippen LogP contribution in [0.3, 0.4) is 0 Å². The van der Waals surface area contributed by atoms with Crippen molar-refractivity contribution in [3.63, 3.8) is 0 Å². The molecule has 6 N–H and O–H groups in total. The van der Waals surface area contributed by atoms with Crippen molar-refractivity contribution in [1.29, 1.82) is 0 Å². The van der Waals surface area contributed by atoms with Gasteiger partial charge in [-0.1, -0.05) is 23.8 Å². The summed E-state index contributed by atoms with van der Waals surface area (Å²) in [7, 11) is 0. The Bertz CT molecular complexity index is 745. The molecule has 9 heteroatoms. The first-order chi connectivity index (χ1) is 13.9. The molecule has 8 nitrogen and oxygen atoms in total. The minimum Gasteiger partial charge on any atom is -0.392 e. The van der Waals surface area contributed by atoms with Crippen LogP contribution >= 0.6 is 11.8 Å². The van der Waals surface area contributed by atoms with Crippen molar-refractivity contribution in [1.82, 2.24) is 5.32 Å². The monoisotopic (exact) mass is 425 g/mol. The van der Waals surface area contributed by atoms with E-state index in [-0.39, 0.29) is 10.8 Å². The van der Waals surface area contributed by atoms with E-state index >= 15 is 0 Å². The normalized spacial score (nSPS) is 42.0.